The molecule has 1 aromatic heterocycles. The van der Waals surface area contributed by atoms with Crippen LogP contribution in [0, 0.1) is 5.92 Å². The Morgan fingerprint density at radius 3 is 2.96 bits per heavy atom. The highest BCUT2D eigenvalue weighted by Crippen LogP contribution is 2.27. The molecule has 0 aliphatic carbocycles. The van der Waals surface area contributed by atoms with E-state index in [1.165, 1.54) is 6.42 Å². The van der Waals surface area contributed by atoms with Gasteiger partial charge in [-0.1, -0.05) is 6.92 Å². The van der Waals surface area contributed by atoms with Gasteiger partial charge < -0.3 is 24.4 Å². The molecule has 1 saturated heterocycles. The third kappa shape index (κ3) is 6.01. The van der Waals surface area contributed by atoms with Gasteiger partial charge in [0.15, 0.2) is 5.96 Å². The highest BCUT2D eigenvalue weighted by atomic mass is 16.5. The van der Waals surface area contributed by atoms with E-state index < -0.39 is 0 Å². The third-order valence-electron chi connectivity index (χ3n) is 4.88. The molecule has 2 heterocycles. The van der Waals surface area contributed by atoms with E-state index in [9.17, 15) is 0 Å². The average molecular weight is 351 g/mol. The van der Waals surface area contributed by atoms with Crippen LogP contribution in [0.5, 0.6) is 0 Å². The van der Waals surface area contributed by atoms with Gasteiger partial charge in [-0.2, -0.15) is 0 Å². The van der Waals surface area contributed by atoms with Gasteiger partial charge in [0, 0.05) is 52.2 Å². The number of likely N-dealkylation sites (N-methyl/N-ethyl adjacent to an activating group) is 1. The van der Waals surface area contributed by atoms with Crippen LogP contribution in [-0.2, 0) is 4.74 Å². The summed E-state index contributed by atoms with van der Waals surface area (Å²) in [6.07, 6.45) is 7.03. The van der Waals surface area contributed by atoms with Crippen LogP contribution in [0.4, 0.5) is 0 Å². The molecule has 1 aliphatic rings. The van der Waals surface area contributed by atoms with Crippen LogP contribution in [0.2, 0.25) is 0 Å². The SMILES string of the molecule is CCNC(=NCCN(C)CCOC)N1CCC(C)C(n2ccnc2)C1. The van der Waals surface area contributed by atoms with E-state index in [-0.39, 0.29) is 0 Å². The van der Waals surface area contributed by atoms with Crippen molar-refractivity contribution in [2.45, 2.75) is 26.3 Å². The monoisotopic (exact) mass is 350 g/mol. The van der Waals surface area contributed by atoms with E-state index in [0.29, 0.717) is 12.0 Å². The number of aliphatic imine (C=N–C) groups is 1. The average Bonchev–Trinajstić information content (AvgIpc) is 3.14. The van der Waals surface area contributed by atoms with Crippen molar-refractivity contribution in [1.29, 1.82) is 0 Å². The van der Waals surface area contributed by atoms with E-state index in [1.54, 1.807) is 7.11 Å². The first-order valence-corrected chi connectivity index (χ1v) is 9.33. The number of likely N-dealkylation sites (tertiary alicyclic amines) is 1. The highest BCUT2D eigenvalue weighted by Gasteiger charge is 2.28. The molecule has 0 aromatic carbocycles. The molecular formula is C18H34N6O. The number of nitrogens with zero attached hydrogens (tertiary/aromatic N) is 5. The number of imidazole rings is 1. The van der Waals surface area contributed by atoms with Crippen molar-refractivity contribution in [2.24, 2.45) is 10.9 Å². The molecule has 2 unspecified atom stereocenters. The molecule has 2 rings (SSSR count). The lowest BCUT2D eigenvalue weighted by atomic mass is 9.93. The second-order valence-electron chi connectivity index (χ2n) is 6.82. The maximum Gasteiger partial charge on any atom is 0.194 e. The van der Waals surface area contributed by atoms with Gasteiger partial charge in [0.25, 0.3) is 0 Å². The molecule has 0 spiro atoms. The minimum Gasteiger partial charge on any atom is -0.383 e. The predicted octanol–water partition coefficient (Wildman–Crippen LogP) is 1.31. The second kappa shape index (κ2) is 10.4. The van der Waals surface area contributed by atoms with Gasteiger partial charge in [-0.3, -0.25) is 4.99 Å². The fraction of sp³-hybridized carbons (Fsp3) is 0.778. The van der Waals surface area contributed by atoms with E-state index >= 15 is 0 Å². The van der Waals surface area contributed by atoms with Crippen LogP contribution in [0.1, 0.15) is 26.3 Å². The number of ether oxygens (including phenoxy) is 1. The molecular weight excluding hydrogens is 316 g/mol. The first-order chi connectivity index (χ1) is 12.2. The predicted molar refractivity (Wildman–Crippen MR) is 102 cm³/mol. The maximum atomic E-state index is 5.13. The number of piperidine rings is 1. The Morgan fingerprint density at radius 1 is 1.44 bits per heavy atom. The largest absolute Gasteiger partial charge is 0.383 e. The molecule has 0 saturated carbocycles. The number of rotatable bonds is 8. The number of guanidine groups is 1. The number of aromatic nitrogens is 2. The number of methoxy groups -OCH3 is 1. The van der Waals surface area contributed by atoms with E-state index in [1.807, 2.05) is 12.5 Å². The summed E-state index contributed by atoms with van der Waals surface area (Å²) in [7, 11) is 3.85. The summed E-state index contributed by atoms with van der Waals surface area (Å²) in [4.78, 5) is 13.7. The van der Waals surface area contributed by atoms with Crippen molar-refractivity contribution in [2.75, 3.05) is 60.0 Å². The maximum absolute atomic E-state index is 5.13. The molecule has 0 radical (unpaired) electrons. The Balaban J connectivity index is 1.95. The van der Waals surface area contributed by atoms with E-state index in [2.05, 4.69) is 51.8 Å². The van der Waals surface area contributed by atoms with E-state index in [4.69, 9.17) is 9.73 Å². The standard InChI is InChI=1S/C18H34N6O/c1-5-20-18(21-8-10-22(3)12-13-25-4)23-9-6-16(2)17(14-23)24-11-7-19-15-24/h7,11,15-17H,5-6,8-10,12-14H2,1-4H3,(H,20,21). The molecule has 1 fully saturated rings. The van der Waals surface area contributed by atoms with Crippen molar-refractivity contribution in [3.8, 4) is 0 Å². The molecule has 0 bridgehead atoms. The Labute approximate surface area is 152 Å². The minimum absolute atomic E-state index is 0.449. The molecule has 7 heteroatoms. The summed E-state index contributed by atoms with van der Waals surface area (Å²) >= 11 is 0. The lowest BCUT2D eigenvalue weighted by molar-refractivity contribution is 0.162. The Hall–Kier alpha value is -1.60. The zero-order valence-corrected chi connectivity index (χ0v) is 16.2. The molecule has 1 aromatic rings. The lowest BCUT2D eigenvalue weighted by Crippen LogP contribution is -2.49. The first kappa shape index (κ1) is 19.7. The zero-order chi connectivity index (χ0) is 18.1. The summed E-state index contributed by atoms with van der Waals surface area (Å²) in [5.74, 6) is 1.67. The van der Waals surface area contributed by atoms with Crippen LogP contribution < -0.4 is 5.32 Å². The number of hydrogen-bond donors (Lipinski definition) is 1. The second-order valence-corrected chi connectivity index (χ2v) is 6.82. The fourth-order valence-corrected chi connectivity index (χ4v) is 3.21. The molecule has 0 amide bonds. The van der Waals surface area contributed by atoms with Crippen LogP contribution in [0.3, 0.4) is 0 Å². The quantitative estimate of drug-likeness (QED) is 0.566. The van der Waals surface area contributed by atoms with Crippen LogP contribution >= 0.6 is 0 Å². The fourth-order valence-electron chi connectivity index (χ4n) is 3.21. The van der Waals surface area contributed by atoms with Crippen LogP contribution in [-0.4, -0.2) is 85.3 Å². The molecule has 1 aliphatic heterocycles. The van der Waals surface area contributed by atoms with Gasteiger partial charge in [0.05, 0.1) is 25.5 Å². The summed E-state index contributed by atoms with van der Waals surface area (Å²) < 4.78 is 7.36. The van der Waals surface area contributed by atoms with Gasteiger partial charge in [-0.05, 0) is 26.3 Å². The summed E-state index contributed by atoms with van der Waals surface area (Å²) in [5.41, 5.74) is 0. The normalized spacial score (nSPS) is 21.8. The molecule has 1 N–H and O–H groups in total. The zero-order valence-electron chi connectivity index (χ0n) is 16.2. The van der Waals surface area contributed by atoms with Gasteiger partial charge in [-0.25, -0.2) is 4.98 Å². The number of hydrogen-bond acceptors (Lipinski definition) is 4. The Morgan fingerprint density at radius 2 is 2.28 bits per heavy atom. The van der Waals surface area contributed by atoms with Gasteiger partial charge in [-0.15, -0.1) is 0 Å². The molecule has 25 heavy (non-hydrogen) atoms. The van der Waals surface area contributed by atoms with Gasteiger partial charge in [0.1, 0.15) is 0 Å². The Bertz CT molecular complexity index is 504. The van der Waals surface area contributed by atoms with Crippen molar-refractivity contribution < 1.29 is 4.74 Å². The van der Waals surface area contributed by atoms with Crippen molar-refractivity contribution in [3.63, 3.8) is 0 Å². The first-order valence-electron chi connectivity index (χ1n) is 9.33. The van der Waals surface area contributed by atoms with Crippen molar-refractivity contribution >= 4 is 5.96 Å². The topological polar surface area (TPSA) is 57.9 Å². The summed E-state index contributed by atoms with van der Waals surface area (Å²) in [6, 6.07) is 0.449. The molecule has 142 valence electrons. The summed E-state index contributed by atoms with van der Waals surface area (Å²) in [6.45, 7) is 10.8. The molecule has 7 nitrogen and oxygen atoms in total. The Kier molecular flexibility index (Phi) is 8.21. The smallest absolute Gasteiger partial charge is 0.194 e. The van der Waals surface area contributed by atoms with Crippen molar-refractivity contribution in [1.82, 2.24) is 24.7 Å². The molecule has 2 atom stereocenters. The van der Waals surface area contributed by atoms with Gasteiger partial charge >= 0.3 is 0 Å². The van der Waals surface area contributed by atoms with Crippen LogP contribution in [0.25, 0.3) is 0 Å². The third-order valence-corrected chi connectivity index (χ3v) is 4.88. The summed E-state index contributed by atoms with van der Waals surface area (Å²) in [5, 5.41) is 3.46. The lowest BCUT2D eigenvalue weighted by Gasteiger charge is -2.39. The van der Waals surface area contributed by atoms with Crippen LogP contribution in [0.15, 0.2) is 23.7 Å². The minimum atomic E-state index is 0.449. The number of nitrogens with one attached hydrogen (secondary N) is 1. The van der Waals surface area contributed by atoms with E-state index in [0.717, 1.165) is 51.8 Å². The van der Waals surface area contributed by atoms with Gasteiger partial charge in [0.2, 0.25) is 0 Å². The van der Waals surface area contributed by atoms with Crippen molar-refractivity contribution in [3.05, 3.63) is 18.7 Å². The highest BCUT2D eigenvalue weighted by molar-refractivity contribution is 5.80.